The minimum absolute atomic E-state index is 0.151. The smallest absolute Gasteiger partial charge is 0.257 e. The molecule has 0 bridgehead atoms. The van der Waals surface area contributed by atoms with Gasteiger partial charge >= 0.3 is 0 Å². The van der Waals surface area contributed by atoms with E-state index in [1.54, 1.807) is 41.4 Å². The van der Waals surface area contributed by atoms with Gasteiger partial charge in [-0.2, -0.15) is 0 Å². The van der Waals surface area contributed by atoms with Crippen LogP contribution in [-0.4, -0.2) is 17.4 Å². The van der Waals surface area contributed by atoms with Crippen LogP contribution in [-0.2, 0) is 6.54 Å². The van der Waals surface area contributed by atoms with E-state index in [4.69, 9.17) is 0 Å². The van der Waals surface area contributed by atoms with Crippen molar-refractivity contribution in [2.75, 3.05) is 6.54 Å². The topological polar surface area (TPSA) is 20.3 Å². The van der Waals surface area contributed by atoms with Crippen LogP contribution in [0.4, 0.5) is 4.39 Å². The summed E-state index contributed by atoms with van der Waals surface area (Å²) in [6.07, 6.45) is 0. The Morgan fingerprint density at radius 3 is 2.74 bits per heavy atom. The van der Waals surface area contributed by atoms with Gasteiger partial charge in [-0.25, -0.2) is 4.39 Å². The number of nitrogens with zero attached hydrogens (tertiary/aromatic N) is 1. The molecule has 19 heavy (non-hydrogen) atoms. The Morgan fingerprint density at radius 2 is 2.11 bits per heavy atom. The molecule has 2 rings (SSSR count). The molecule has 0 N–H and O–H groups in total. The van der Waals surface area contributed by atoms with Crippen molar-refractivity contribution in [3.8, 4) is 0 Å². The van der Waals surface area contributed by atoms with E-state index in [1.807, 2.05) is 24.4 Å². The fourth-order valence-corrected chi connectivity index (χ4v) is 2.62. The highest BCUT2D eigenvalue weighted by Crippen LogP contribution is 2.17. The van der Waals surface area contributed by atoms with Crippen LogP contribution in [0.2, 0.25) is 0 Å². The minimum atomic E-state index is -0.419. The Kier molecular flexibility index (Phi) is 4.32. The van der Waals surface area contributed by atoms with Crippen LogP contribution in [0.25, 0.3) is 0 Å². The number of benzene rings is 1. The first kappa shape index (κ1) is 13.7. The van der Waals surface area contributed by atoms with Crippen molar-refractivity contribution in [1.82, 2.24) is 4.90 Å². The number of rotatable bonds is 4. The molecular formula is C15H16FNOS. The second-order valence-corrected chi connectivity index (χ2v) is 5.37. The van der Waals surface area contributed by atoms with Crippen molar-refractivity contribution in [1.29, 1.82) is 0 Å². The van der Waals surface area contributed by atoms with Gasteiger partial charge in [0.05, 0.1) is 12.1 Å². The lowest BCUT2D eigenvalue weighted by molar-refractivity contribution is 0.0749. The Balaban J connectivity index is 2.23. The lowest BCUT2D eigenvalue weighted by Gasteiger charge is -2.20. The van der Waals surface area contributed by atoms with Crippen molar-refractivity contribution in [2.24, 2.45) is 0 Å². The maximum Gasteiger partial charge on any atom is 0.257 e. The molecule has 4 heteroatoms. The van der Waals surface area contributed by atoms with Gasteiger partial charge in [-0.15, -0.1) is 11.3 Å². The second kappa shape index (κ2) is 5.97. The molecule has 0 saturated heterocycles. The van der Waals surface area contributed by atoms with Gasteiger partial charge in [-0.05, 0) is 36.9 Å². The van der Waals surface area contributed by atoms with E-state index in [9.17, 15) is 9.18 Å². The van der Waals surface area contributed by atoms with Gasteiger partial charge in [0.15, 0.2) is 0 Å². The molecule has 0 spiro atoms. The summed E-state index contributed by atoms with van der Waals surface area (Å²) in [7, 11) is 0. The summed E-state index contributed by atoms with van der Waals surface area (Å²) in [4.78, 5) is 15.1. The first-order valence-electron chi connectivity index (χ1n) is 6.20. The van der Waals surface area contributed by atoms with Gasteiger partial charge in [0.2, 0.25) is 0 Å². The summed E-state index contributed by atoms with van der Waals surface area (Å²) >= 11 is 1.60. The molecular weight excluding hydrogens is 261 g/mol. The number of thiophene rings is 1. The van der Waals surface area contributed by atoms with Crippen LogP contribution in [0.3, 0.4) is 0 Å². The Labute approximate surface area is 116 Å². The molecule has 100 valence electrons. The number of hydrogen-bond acceptors (Lipinski definition) is 2. The lowest BCUT2D eigenvalue weighted by Crippen LogP contribution is -2.30. The van der Waals surface area contributed by atoms with Gasteiger partial charge in [0.1, 0.15) is 5.82 Å². The molecule has 0 aliphatic carbocycles. The molecule has 0 unspecified atom stereocenters. The Morgan fingerprint density at radius 1 is 1.32 bits per heavy atom. The zero-order valence-electron chi connectivity index (χ0n) is 11.0. The van der Waals surface area contributed by atoms with E-state index in [0.29, 0.717) is 18.7 Å². The van der Waals surface area contributed by atoms with Gasteiger partial charge in [0, 0.05) is 11.4 Å². The van der Waals surface area contributed by atoms with Crippen molar-refractivity contribution in [3.05, 3.63) is 57.5 Å². The predicted octanol–water partition coefficient (Wildman–Crippen LogP) is 3.86. The molecule has 0 atom stereocenters. The molecule has 1 heterocycles. The van der Waals surface area contributed by atoms with E-state index in [-0.39, 0.29) is 11.5 Å². The maximum atomic E-state index is 14.0. The summed E-state index contributed by atoms with van der Waals surface area (Å²) in [6, 6.07) is 8.85. The SMILES string of the molecule is CCN(Cc1cccs1)C(=O)c1cccc(C)c1F. The van der Waals surface area contributed by atoms with E-state index < -0.39 is 5.82 Å². The van der Waals surface area contributed by atoms with Gasteiger partial charge < -0.3 is 4.90 Å². The summed E-state index contributed by atoms with van der Waals surface area (Å²) in [5.74, 6) is -0.672. The minimum Gasteiger partial charge on any atom is -0.334 e. The first-order valence-corrected chi connectivity index (χ1v) is 7.08. The number of halogens is 1. The number of carbonyl (C=O) groups is 1. The van der Waals surface area contributed by atoms with Crippen LogP contribution < -0.4 is 0 Å². The fourth-order valence-electron chi connectivity index (χ4n) is 1.90. The molecule has 0 fully saturated rings. The quantitative estimate of drug-likeness (QED) is 0.831. The lowest BCUT2D eigenvalue weighted by atomic mass is 10.1. The number of aryl methyl sites for hydroxylation is 1. The summed E-state index contributed by atoms with van der Waals surface area (Å²) in [5, 5.41) is 1.97. The Hall–Kier alpha value is -1.68. The largest absolute Gasteiger partial charge is 0.334 e. The maximum absolute atomic E-state index is 14.0. The van der Waals surface area contributed by atoms with Crippen LogP contribution in [0.1, 0.15) is 27.7 Å². The van der Waals surface area contributed by atoms with Crippen LogP contribution >= 0.6 is 11.3 Å². The van der Waals surface area contributed by atoms with Gasteiger partial charge in [-0.3, -0.25) is 4.79 Å². The summed E-state index contributed by atoms with van der Waals surface area (Å²) in [6.45, 7) is 4.66. The average Bonchev–Trinajstić information content (AvgIpc) is 2.91. The molecule has 2 nitrogen and oxygen atoms in total. The first-order chi connectivity index (χ1) is 9.13. The zero-order valence-corrected chi connectivity index (χ0v) is 11.8. The highest BCUT2D eigenvalue weighted by atomic mass is 32.1. The molecule has 1 aromatic carbocycles. The van der Waals surface area contributed by atoms with Crippen molar-refractivity contribution >= 4 is 17.2 Å². The molecule has 0 aliphatic rings. The number of amides is 1. The summed E-state index contributed by atoms with van der Waals surface area (Å²) < 4.78 is 14.0. The number of hydrogen-bond donors (Lipinski definition) is 0. The Bertz CT molecular complexity index is 566. The summed E-state index contributed by atoms with van der Waals surface area (Å²) in [5.41, 5.74) is 0.649. The molecule has 0 aliphatic heterocycles. The highest BCUT2D eigenvalue weighted by Gasteiger charge is 2.19. The van der Waals surface area contributed by atoms with E-state index in [0.717, 1.165) is 4.88 Å². The molecule has 2 aromatic rings. The molecule has 0 saturated carbocycles. The molecule has 1 aromatic heterocycles. The second-order valence-electron chi connectivity index (χ2n) is 4.34. The van der Waals surface area contributed by atoms with E-state index >= 15 is 0 Å². The normalized spacial score (nSPS) is 10.5. The van der Waals surface area contributed by atoms with Crippen LogP contribution in [0.15, 0.2) is 35.7 Å². The monoisotopic (exact) mass is 277 g/mol. The van der Waals surface area contributed by atoms with Crippen molar-refractivity contribution in [3.63, 3.8) is 0 Å². The highest BCUT2D eigenvalue weighted by molar-refractivity contribution is 7.09. The third-order valence-electron chi connectivity index (χ3n) is 3.02. The van der Waals surface area contributed by atoms with E-state index in [2.05, 4.69) is 0 Å². The third-order valence-corrected chi connectivity index (χ3v) is 3.88. The van der Waals surface area contributed by atoms with Gasteiger partial charge in [0.25, 0.3) is 5.91 Å². The third kappa shape index (κ3) is 3.01. The zero-order chi connectivity index (χ0) is 13.8. The average molecular weight is 277 g/mol. The predicted molar refractivity (Wildman–Crippen MR) is 75.9 cm³/mol. The standard InChI is InChI=1S/C15H16FNOS/c1-3-17(10-12-7-5-9-19-12)15(18)13-8-4-6-11(2)14(13)16/h4-9H,3,10H2,1-2H3. The van der Waals surface area contributed by atoms with Gasteiger partial charge in [-0.1, -0.05) is 18.2 Å². The molecule has 0 radical (unpaired) electrons. The van der Waals surface area contributed by atoms with Crippen molar-refractivity contribution < 1.29 is 9.18 Å². The van der Waals surface area contributed by atoms with Crippen molar-refractivity contribution in [2.45, 2.75) is 20.4 Å². The molecule has 1 amide bonds. The van der Waals surface area contributed by atoms with E-state index in [1.165, 1.54) is 0 Å². The fraction of sp³-hybridized carbons (Fsp3) is 0.267. The number of carbonyl (C=O) groups excluding carboxylic acids is 1. The van der Waals surface area contributed by atoms with Crippen LogP contribution in [0.5, 0.6) is 0 Å². The van der Waals surface area contributed by atoms with Crippen LogP contribution in [0, 0.1) is 12.7 Å².